The van der Waals surface area contributed by atoms with Gasteiger partial charge >= 0.3 is 0 Å². The molecule has 0 spiro atoms. The van der Waals surface area contributed by atoms with Gasteiger partial charge in [-0.25, -0.2) is 0 Å². The highest BCUT2D eigenvalue weighted by molar-refractivity contribution is 5.41. The fraction of sp³-hybridized carbons (Fsp3) is 0.600. The molecule has 0 radical (unpaired) electrons. The van der Waals surface area contributed by atoms with Gasteiger partial charge in [-0.1, -0.05) is 12.8 Å². The quantitative estimate of drug-likeness (QED) is 0.871. The summed E-state index contributed by atoms with van der Waals surface area (Å²) in [5.74, 6) is 2.18. The maximum Gasteiger partial charge on any atom is 0.128 e. The van der Waals surface area contributed by atoms with E-state index in [9.17, 15) is 5.11 Å². The molecule has 0 bridgehead atoms. The lowest BCUT2D eigenvalue weighted by Crippen LogP contribution is -2.10. The Kier molecular flexibility index (Phi) is 4.48. The molecular weight excluding hydrogens is 228 g/mol. The zero-order valence-electron chi connectivity index (χ0n) is 11.2. The van der Waals surface area contributed by atoms with Crippen LogP contribution < -0.4 is 9.47 Å². The van der Waals surface area contributed by atoms with E-state index in [4.69, 9.17) is 9.47 Å². The van der Waals surface area contributed by atoms with Gasteiger partial charge in [0.05, 0.1) is 19.8 Å². The Balaban J connectivity index is 2.07. The van der Waals surface area contributed by atoms with Crippen LogP contribution in [0.25, 0.3) is 0 Å². The van der Waals surface area contributed by atoms with E-state index in [1.54, 1.807) is 14.0 Å². The van der Waals surface area contributed by atoms with Gasteiger partial charge in [-0.15, -0.1) is 0 Å². The first kappa shape index (κ1) is 13.2. The van der Waals surface area contributed by atoms with Crippen molar-refractivity contribution < 1.29 is 14.6 Å². The minimum Gasteiger partial charge on any atom is -0.497 e. The van der Waals surface area contributed by atoms with Gasteiger partial charge in [0.15, 0.2) is 0 Å². The third-order valence-electron chi connectivity index (χ3n) is 3.62. The molecule has 1 atom stereocenters. The van der Waals surface area contributed by atoms with Crippen LogP contribution in [0.15, 0.2) is 18.2 Å². The summed E-state index contributed by atoms with van der Waals surface area (Å²) in [5, 5.41) is 9.74. The van der Waals surface area contributed by atoms with Crippen molar-refractivity contribution in [1.29, 1.82) is 0 Å². The molecule has 1 aliphatic rings. The average molecular weight is 250 g/mol. The van der Waals surface area contributed by atoms with Gasteiger partial charge in [0.1, 0.15) is 11.5 Å². The highest BCUT2D eigenvalue weighted by atomic mass is 16.5. The SMILES string of the molecule is COc1ccc([C@@H](C)O)c(OCC2CCCC2)c1. The molecule has 1 aromatic carbocycles. The maximum absolute atomic E-state index is 9.74. The van der Waals surface area contributed by atoms with Gasteiger partial charge < -0.3 is 14.6 Å². The van der Waals surface area contributed by atoms with Crippen LogP contribution in [0, 0.1) is 5.92 Å². The fourth-order valence-electron chi connectivity index (χ4n) is 2.50. The normalized spacial score (nSPS) is 17.7. The summed E-state index contributed by atoms with van der Waals surface area (Å²) in [6.07, 6.45) is 4.63. The first-order valence-electron chi connectivity index (χ1n) is 6.69. The number of ether oxygens (including phenoxy) is 2. The van der Waals surface area contributed by atoms with E-state index in [0.29, 0.717) is 5.92 Å². The predicted octanol–water partition coefficient (Wildman–Crippen LogP) is 3.32. The summed E-state index contributed by atoms with van der Waals surface area (Å²) in [5.41, 5.74) is 0.828. The summed E-state index contributed by atoms with van der Waals surface area (Å²) in [7, 11) is 1.64. The maximum atomic E-state index is 9.74. The Bertz CT molecular complexity index is 381. The van der Waals surface area contributed by atoms with Crippen molar-refractivity contribution in [2.45, 2.75) is 38.7 Å². The summed E-state index contributed by atoms with van der Waals surface area (Å²) in [6.45, 7) is 2.50. The van der Waals surface area contributed by atoms with E-state index in [0.717, 1.165) is 23.7 Å². The molecule has 1 saturated carbocycles. The van der Waals surface area contributed by atoms with Gasteiger partial charge in [-0.2, -0.15) is 0 Å². The Morgan fingerprint density at radius 2 is 2.06 bits per heavy atom. The molecule has 3 heteroatoms. The second kappa shape index (κ2) is 6.10. The molecular formula is C15H22O3. The molecule has 0 amide bonds. The second-order valence-corrected chi connectivity index (χ2v) is 5.04. The van der Waals surface area contributed by atoms with Crippen molar-refractivity contribution >= 4 is 0 Å². The molecule has 1 N–H and O–H groups in total. The molecule has 1 fully saturated rings. The lowest BCUT2D eigenvalue weighted by atomic mass is 10.1. The van der Waals surface area contributed by atoms with Crippen LogP contribution in [0.4, 0.5) is 0 Å². The highest BCUT2D eigenvalue weighted by Gasteiger charge is 2.17. The zero-order valence-corrected chi connectivity index (χ0v) is 11.2. The predicted molar refractivity (Wildman–Crippen MR) is 71.1 cm³/mol. The Labute approximate surface area is 109 Å². The molecule has 0 aromatic heterocycles. The van der Waals surface area contributed by atoms with Gasteiger partial charge in [-0.05, 0) is 37.8 Å². The van der Waals surface area contributed by atoms with Gasteiger partial charge in [0.25, 0.3) is 0 Å². The third-order valence-corrected chi connectivity index (χ3v) is 3.62. The number of aliphatic hydroxyl groups excluding tert-OH is 1. The smallest absolute Gasteiger partial charge is 0.128 e. The third kappa shape index (κ3) is 3.16. The first-order chi connectivity index (χ1) is 8.70. The van der Waals surface area contributed by atoms with E-state index < -0.39 is 6.10 Å². The Morgan fingerprint density at radius 1 is 1.33 bits per heavy atom. The van der Waals surface area contributed by atoms with Crippen LogP contribution >= 0.6 is 0 Å². The van der Waals surface area contributed by atoms with E-state index in [1.165, 1.54) is 25.7 Å². The summed E-state index contributed by atoms with van der Waals surface area (Å²) in [6, 6.07) is 5.58. The van der Waals surface area contributed by atoms with Crippen LogP contribution in [-0.2, 0) is 0 Å². The molecule has 18 heavy (non-hydrogen) atoms. The van der Waals surface area contributed by atoms with Crippen molar-refractivity contribution in [3.8, 4) is 11.5 Å². The van der Waals surface area contributed by atoms with Crippen LogP contribution in [0.1, 0.15) is 44.3 Å². The number of hydrogen-bond acceptors (Lipinski definition) is 3. The van der Waals surface area contributed by atoms with Crippen molar-refractivity contribution in [3.63, 3.8) is 0 Å². The van der Waals surface area contributed by atoms with Crippen molar-refractivity contribution in [3.05, 3.63) is 23.8 Å². The number of hydrogen-bond donors (Lipinski definition) is 1. The standard InChI is InChI=1S/C15H22O3/c1-11(16)14-8-7-13(17-2)9-15(14)18-10-12-5-3-4-6-12/h7-9,11-12,16H,3-6,10H2,1-2H3/t11-/m1/s1. The Hall–Kier alpha value is -1.22. The van der Waals surface area contributed by atoms with Crippen LogP contribution in [-0.4, -0.2) is 18.8 Å². The largest absolute Gasteiger partial charge is 0.497 e. The topological polar surface area (TPSA) is 38.7 Å². The van der Waals surface area contributed by atoms with Gasteiger partial charge in [-0.3, -0.25) is 0 Å². The highest BCUT2D eigenvalue weighted by Crippen LogP contribution is 2.31. The summed E-state index contributed by atoms with van der Waals surface area (Å²) in [4.78, 5) is 0. The van der Waals surface area contributed by atoms with Crippen molar-refractivity contribution in [1.82, 2.24) is 0 Å². The minimum absolute atomic E-state index is 0.519. The molecule has 0 heterocycles. The number of benzene rings is 1. The molecule has 2 rings (SSSR count). The minimum atomic E-state index is -0.519. The number of rotatable bonds is 5. The van der Waals surface area contributed by atoms with E-state index in [-0.39, 0.29) is 0 Å². The first-order valence-corrected chi connectivity index (χ1v) is 6.69. The van der Waals surface area contributed by atoms with E-state index >= 15 is 0 Å². The summed E-state index contributed by atoms with van der Waals surface area (Å²) >= 11 is 0. The van der Waals surface area contributed by atoms with Crippen LogP contribution in [0.3, 0.4) is 0 Å². The molecule has 0 saturated heterocycles. The molecule has 1 aromatic rings. The van der Waals surface area contributed by atoms with E-state index in [2.05, 4.69) is 0 Å². The monoisotopic (exact) mass is 250 g/mol. The fourth-order valence-corrected chi connectivity index (χ4v) is 2.50. The van der Waals surface area contributed by atoms with Crippen LogP contribution in [0.5, 0.6) is 11.5 Å². The average Bonchev–Trinajstić information content (AvgIpc) is 2.88. The van der Waals surface area contributed by atoms with E-state index in [1.807, 2.05) is 18.2 Å². The van der Waals surface area contributed by atoms with Crippen molar-refractivity contribution in [2.24, 2.45) is 5.92 Å². The molecule has 100 valence electrons. The Morgan fingerprint density at radius 3 is 2.67 bits per heavy atom. The van der Waals surface area contributed by atoms with Gasteiger partial charge in [0.2, 0.25) is 0 Å². The van der Waals surface area contributed by atoms with Gasteiger partial charge in [0, 0.05) is 11.6 Å². The second-order valence-electron chi connectivity index (χ2n) is 5.04. The lowest BCUT2D eigenvalue weighted by Gasteiger charge is -2.17. The molecule has 0 unspecified atom stereocenters. The molecule has 0 aliphatic heterocycles. The number of methoxy groups -OCH3 is 1. The van der Waals surface area contributed by atoms with Crippen molar-refractivity contribution in [2.75, 3.05) is 13.7 Å². The molecule has 3 nitrogen and oxygen atoms in total. The zero-order chi connectivity index (χ0) is 13.0. The molecule has 1 aliphatic carbocycles. The van der Waals surface area contributed by atoms with Crippen LogP contribution in [0.2, 0.25) is 0 Å². The lowest BCUT2D eigenvalue weighted by molar-refractivity contribution is 0.186. The summed E-state index contributed by atoms with van der Waals surface area (Å²) < 4.78 is 11.1. The number of aliphatic hydroxyl groups is 1.